The van der Waals surface area contributed by atoms with Gasteiger partial charge in [0.1, 0.15) is 0 Å². The van der Waals surface area contributed by atoms with E-state index in [0.29, 0.717) is 6.42 Å². The third-order valence-electron chi connectivity index (χ3n) is 2.97. The maximum Gasteiger partial charge on any atom is 0.166 e. The van der Waals surface area contributed by atoms with Crippen LogP contribution in [0.25, 0.3) is 6.08 Å². The fourth-order valence-electron chi connectivity index (χ4n) is 2.01. The first-order valence-electron chi connectivity index (χ1n) is 4.94. The van der Waals surface area contributed by atoms with Gasteiger partial charge in [0.25, 0.3) is 0 Å². The predicted molar refractivity (Wildman–Crippen MR) is 61.3 cm³/mol. The molecule has 0 saturated heterocycles. The first-order chi connectivity index (χ1) is 7.18. The Morgan fingerprint density at radius 3 is 2.80 bits per heavy atom. The molecule has 1 aliphatic carbocycles. The zero-order valence-electron chi connectivity index (χ0n) is 8.66. The number of terminal acetylenes is 1. The van der Waals surface area contributed by atoms with Crippen LogP contribution in [0.5, 0.6) is 0 Å². The van der Waals surface area contributed by atoms with Crippen molar-refractivity contribution >= 4 is 11.9 Å². The summed E-state index contributed by atoms with van der Waals surface area (Å²) in [6.07, 6.45) is 9.27. The molecule has 0 fully saturated rings. The Bertz CT molecular complexity index is 476. The van der Waals surface area contributed by atoms with Crippen LogP contribution >= 0.6 is 0 Å². The summed E-state index contributed by atoms with van der Waals surface area (Å²) in [5.74, 6) is 2.69. The van der Waals surface area contributed by atoms with Crippen molar-refractivity contribution in [1.82, 2.24) is 0 Å². The van der Waals surface area contributed by atoms with Crippen LogP contribution in [0.15, 0.2) is 30.3 Å². The van der Waals surface area contributed by atoms with Crippen molar-refractivity contribution in [1.29, 1.82) is 0 Å². The zero-order chi connectivity index (χ0) is 10.9. The molecule has 0 amide bonds. The summed E-state index contributed by atoms with van der Waals surface area (Å²) in [7, 11) is 0. The zero-order valence-corrected chi connectivity index (χ0v) is 8.66. The van der Waals surface area contributed by atoms with Crippen molar-refractivity contribution in [2.24, 2.45) is 0 Å². The monoisotopic (exact) mass is 196 g/mol. The van der Waals surface area contributed by atoms with E-state index < -0.39 is 5.41 Å². The van der Waals surface area contributed by atoms with E-state index >= 15 is 0 Å². The summed E-state index contributed by atoms with van der Waals surface area (Å²) in [4.78, 5) is 11.9. The molecule has 1 unspecified atom stereocenters. The first kappa shape index (κ1) is 9.73. The van der Waals surface area contributed by atoms with Crippen molar-refractivity contribution in [3.63, 3.8) is 0 Å². The maximum absolute atomic E-state index is 11.9. The maximum atomic E-state index is 11.9. The van der Waals surface area contributed by atoms with E-state index in [1.54, 1.807) is 6.08 Å². The van der Waals surface area contributed by atoms with E-state index in [-0.39, 0.29) is 5.78 Å². The van der Waals surface area contributed by atoms with Crippen LogP contribution in [0.4, 0.5) is 0 Å². The number of ketones is 1. The molecule has 0 aliphatic heterocycles. The van der Waals surface area contributed by atoms with Crippen molar-refractivity contribution in [3.05, 3.63) is 41.5 Å². The van der Waals surface area contributed by atoms with Crippen molar-refractivity contribution in [3.8, 4) is 12.3 Å². The predicted octanol–water partition coefficient (Wildman–Crippen LogP) is 2.56. The molecule has 1 aliphatic rings. The highest BCUT2D eigenvalue weighted by atomic mass is 16.1. The molecule has 1 nitrogen and oxygen atoms in total. The minimum Gasteiger partial charge on any atom is -0.294 e. The lowest BCUT2D eigenvalue weighted by Crippen LogP contribution is -2.33. The molecule has 0 N–H and O–H groups in total. The summed E-state index contributed by atoms with van der Waals surface area (Å²) < 4.78 is 0. The number of hydrogen-bond donors (Lipinski definition) is 0. The third kappa shape index (κ3) is 1.39. The molecule has 15 heavy (non-hydrogen) atoms. The van der Waals surface area contributed by atoms with Crippen molar-refractivity contribution < 1.29 is 4.79 Å². The van der Waals surface area contributed by atoms with Crippen LogP contribution in [0.2, 0.25) is 0 Å². The van der Waals surface area contributed by atoms with Gasteiger partial charge in [-0.25, -0.2) is 0 Å². The van der Waals surface area contributed by atoms with E-state index in [1.165, 1.54) is 0 Å². The van der Waals surface area contributed by atoms with Crippen LogP contribution in [-0.2, 0) is 10.2 Å². The molecule has 1 atom stereocenters. The lowest BCUT2D eigenvalue weighted by Gasteiger charge is -2.29. The molecular formula is C14H12O. The number of allylic oxidation sites excluding steroid dienone is 1. The van der Waals surface area contributed by atoms with Crippen molar-refractivity contribution in [2.75, 3.05) is 0 Å². The van der Waals surface area contributed by atoms with E-state index in [4.69, 9.17) is 6.42 Å². The largest absolute Gasteiger partial charge is 0.294 e. The van der Waals surface area contributed by atoms with Gasteiger partial charge in [-0.1, -0.05) is 30.3 Å². The second-order valence-corrected chi connectivity index (χ2v) is 4.00. The average molecular weight is 196 g/mol. The van der Waals surface area contributed by atoms with Gasteiger partial charge in [-0.15, -0.1) is 12.3 Å². The molecule has 2 rings (SSSR count). The van der Waals surface area contributed by atoms with Gasteiger partial charge < -0.3 is 0 Å². The Kier molecular flexibility index (Phi) is 2.21. The van der Waals surface area contributed by atoms with Crippen LogP contribution in [-0.4, -0.2) is 5.78 Å². The fraction of sp³-hybridized carbons (Fsp3) is 0.214. The summed E-state index contributed by atoms with van der Waals surface area (Å²) >= 11 is 0. The molecule has 1 aromatic carbocycles. The van der Waals surface area contributed by atoms with Crippen LogP contribution in [0.3, 0.4) is 0 Å². The average Bonchev–Trinajstić information content (AvgIpc) is 2.25. The second kappa shape index (κ2) is 3.40. The van der Waals surface area contributed by atoms with Crippen LogP contribution in [0.1, 0.15) is 24.5 Å². The molecule has 1 aromatic rings. The van der Waals surface area contributed by atoms with Gasteiger partial charge in [0.2, 0.25) is 0 Å². The Morgan fingerprint density at radius 1 is 1.33 bits per heavy atom. The molecule has 0 radical (unpaired) electrons. The molecule has 0 aromatic heterocycles. The summed E-state index contributed by atoms with van der Waals surface area (Å²) in [6.45, 7) is 1.91. The molecule has 0 bridgehead atoms. The number of carbonyl (C=O) groups is 1. The van der Waals surface area contributed by atoms with Crippen LogP contribution < -0.4 is 0 Å². The minimum absolute atomic E-state index is 0.0964. The second-order valence-electron chi connectivity index (χ2n) is 4.00. The molecule has 0 saturated carbocycles. The molecule has 1 heteroatoms. The van der Waals surface area contributed by atoms with Crippen LogP contribution in [0, 0.1) is 12.3 Å². The Hall–Kier alpha value is -1.81. The van der Waals surface area contributed by atoms with E-state index in [9.17, 15) is 4.79 Å². The highest BCUT2D eigenvalue weighted by molar-refractivity contribution is 6.05. The molecule has 0 heterocycles. The van der Waals surface area contributed by atoms with Gasteiger partial charge in [-0.3, -0.25) is 4.79 Å². The summed E-state index contributed by atoms with van der Waals surface area (Å²) in [5, 5.41) is 0. The summed E-state index contributed by atoms with van der Waals surface area (Å²) in [6, 6.07) is 7.90. The summed E-state index contributed by atoms with van der Waals surface area (Å²) in [5.41, 5.74) is 1.59. The molecule has 0 spiro atoms. The minimum atomic E-state index is -0.542. The van der Waals surface area contributed by atoms with Crippen molar-refractivity contribution in [2.45, 2.75) is 18.8 Å². The Labute approximate surface area is 89.8 Å². The van der Waals surface area contributed by atoms with E-state index in [2.05, 4.69) is 5.92 Å². The number of benzene rings is 1. The van der Waals surface area contributed by atoms with Gasteiger partial charge >= 0.3 is 0 Å². The van der Waals surface area contributed by atoms with E-state index in [0.717, 1.165) is 11.1 Å². The topological polar surface area (TPSA) is 17.1 Å². The normalized spacial score (nSPS) is 23.3. The number of rotatable bonds is 1. The standard InChI is InChI=1S/C14H12O/c1-3-10-14(2)12-7-5-4-6-11(12)8-9-13(14)15/h1,4-9H,10H2,2H3. The number of carbonyl (C=O) groups excluding carboxylic acids is 1. The SMILES string of the molecule is C#CCC1(C)C(=O)C=Cc2ccccc21. The smallest absolute Gasteiger partial charge is 0.166 e. The molecule has 74 valence electrons. The van der Waals surface area contributed by atoms with E-state index in [1.807, 2.05) is 37.3 Å². The number of fused-ring (bicyclic) bond motifs is 1. The van der Waals surface area contributed by atoms with Gasteiger partial charge in [-0.2, -0.15) is 0 Å². The number of hydrogen-bond acceptors (Lipinski definition) is 1. The Balaban J connectivity index is 2.62. The molecular weight excluding hydrogens is 184 g/mol. The lowest BCUT2D eigenvalue weighted by atomic mass is 9.71. The Morgan fingerprint density at radius 2 is 2.07 bits per heavy atom. The van der Waals surface area contributed by atoms with Gasteiger partial charge in [0.15, 0.2) is 5.78 Å². The fourth-order valence-corrected chi connectivity index (χ4v) is 2.01. The highest BCUT2D eigenvalue weighted by Gasteiger charge is 2.36. The third-order valence-corrected chi connectivity index (χ3v) is 2.97. The quantitative estimate of drug-likeness (QED) is 0.631. The highest BCUT2D eigenvalue weighted by Crippen LogP contribution is 2.35. The van der Waals surface area contributed by atoms with Gasteiger partial charge in [-0.05, 0) is 24.1 Å². The lowest BCUT2D eigenvalue weighted by molar-refractivity contribution is -0.119. The van der Waals surface area contributed by atoms with Gasteiger partial charge in [0, 0.05) is 6.42 Å². The van der Waals surface area contributed by atoms with Gasteiger partial charge in [0.05, 0.1) is 5.41 Å². The first-order valence-corrected chi connectivity index (χ1v) is 4.94.